The number of hydrogen-bond acceptors (Lipinski definition) is 6. The van der Waals surface area contributed by atoms with Crippen LogP contribution < -0.4 is 10.1 Å². The van der Waals surface area contributed by atoms with Crippen molar-refractivity contribution in [1.82, 2.24) is 10.2 Å². The van der Waals surface area contributed by atoms with Crippen molar-refractivity contribution in [2.75, 3.05) is 17.7 Å². The number of para-hydroxylation sites is 1. The van der Waals surface area contributed by atoms with Crippen LogP contribution in [0.3, 0.4) is 0 Å². The zero-order chi connectivity index (χ0) is 26.5. The van der Waals surface area contributed by atoms with E-state index in [-0.39, 0.29) is 18.2 Å². The fourth-order valence-corrected chi connectivity index (χ4v) is 6.47. The number of rotatable bonds is 9. The number of ether oxygens (including phenoxy) is 2. The van der Waals surface area contributed by atoms with Crippen LogP contribution in [0.15, 0.2) is 102 Å². The number of halogens is 1. The van der Waals surface area contributed by atoms with Gasteiger partial charge in [-0.1, -0.05) is 94.8 Å². The molecule has 1 saturated heterocycles. The first-order valence-corrected chi connectivity index (χ1v) is 14.2. The van der Waals surface area contributed by atoms with Crippen LogP contribution in [0, 0.1) is 0 Å². The van der Waals surface area contributed by atoms with Crippen LogP contribution in [0.1, 0.15) is 17.2 Å². The standard InChI is InChI=1S/C29H25BrN2O5S/c30-16-21-18-38-28-24(31-23(33)17-36-22-14-8-3-9-15-22)27(34)32(28)25(21)29(35)37-26(19-10-4-1-5-11-19)20-12-6-2-7-13-20/h1-15,24,26,28H,16-18H2,(H,31,33)/t24-,28+/m1/s1. The minimum atomic E-state index is -0.745. The van der Waals surface area contributed by atoms with Crippen molar-refractivity contribution in [3.63, 3.8) is 0 Å². The molecule has 1 N–H and O–H groups in total. The molecule has 0 unspecified atom stereocenters. The van der Waals surface area contributed by atoms with Gasteiger partial charge >= 0.3 is 5.97 Å². The molecule has 2 heterocycles. The third-order valence-corrected chi connectivity index (χ3v) is 8.28. The molecule has 9 heteroatoms. The number of nitrogens with one attached hydrogen (secondary N) is 1. The van der Waals surface area contributed by atoms with E-state index >= 15 is 0 Å². The molecule has 38 heavy (non-hydrogen) atoms. The van der Waals surface area contributed by atoms with E-state index in [4.69, 9.17) is 9.47 Å². The molecule has 2 aliphatic heterocycles. The van der Waals surface area contributed by atoms with Gasteiger partial charge in [0.05, 0.1) is 0 Å². The summed E-state index contributed by atoms with van der Waals surface area (Å²) in [6.07, 6.45) is -0.635. The van der Waals surface area contributed by atoms with Crippen LogP contribution in [-0.4, -0.2) is 51.8 Å². The van der Waals surface area contributed by atoms with Gasteiger partial charge in [0.25, 0.3) is 11.8 Å². The molecule has 2 atom stereocenters. The van der Waals surface area contributed by atoms with E-state index in [1.807, 2.05) is 78.9 Å². The molecule has 0 saturated carbocycles. The quantitative estimate of drug-likeness (QED) is 0.224. The average molecular weight is 593 g/mol. The maximum absolute atomic E-state index is 13.6. The number of amides is 2. The van der Waals surface area contributed by atoms with Crippen LogP contribution in [0.5, 0.6) is 5.75 Å². The molecule has 5 rings (SSSR count). The Morgan fingerprint density at radius 3 is 2.11 bits per heavy atom. The van der Waals surface area contributed by atoms with Crippen molar-refractivity contribution in [3.05, 3.63) is 113 Å². The Labute approximate surface area is 233 Å². The van der Waals surface area contributed by atoms with Gasteiger partial charge in [0.1, 0.15) is 22.9 Å². The van der Waals surface area contributed by atoms with Crippen molar-refractivity contribution in [1.29, 1.82) is 0 Å². The second-order valence-electron chi connectivity index (χ2n) is 8.75. The fraction of sp³-hybridized carbons (Fsp3) is 0.207. The van der Waals surface area contributed by atoms with Crippen LogP contribution >= 0.6 is 27.7 Å². The first-order valence-electron chi connectivity index (χ1n) is 12.1. The fourth-order valence-electron chi connectivity index (χ4n) is 4.40. The number of esters is 1. The van der Waals surface area contributed by atoms with Crippen molar-refractivity contribution >= 4 is 45.5 Å². The summed E-state index contributed by atoms with van der Waals surface area (Å²) < 4.78 is 11.6. The normalized spacial score (nSPS) is 18.5. The van der Waals surface area contributed by atoms with E-state index in [2.05, 4.69) is 21.2 Å². The molecule has 0 aliphatic carbocycles. The topological polar surface area (TPSA) is 84.9 Å². The predicted molar refractivity (Wildman–Crippen MR) is 149 cm³/mol. The maximum Gasteiger partial charge on any atom is 0.356 e. The second kappa shape index (κ2) is 11.9. The van der Waals surface area contributed by atoms with Crippen molar-refractivity contribution in [3.8, 4) is 5.75 Å². The summed E-state index contributed by atoms with van der Waals surface area (Å²) in [7, 11) is 0. The van der Waals surface area contributed by atoms with Gasteiger partial charge in [-0.05, 0) is 28.8 Å². The first kappa shape index (κ1) is 26.1. The van der Waals surface area contributed by atoms with E-state index in [0.29, 0.717) is 16.8 Å². The van der Waals surface area contributed by atoms with Crippen molar-refractivity contribution in [2.45, 2.75) is 17.5 Å². The van der Waals surface area contributed by atoms with Gasteiger partial charge < -0.3 is 14.8 Å². The van der Waals surface area contributed by atoms with E-state index in [1.165, 1.54) is 16.7 Å². The highest BCUT2D eigenvalue weighted by atomic mass is 79.9. The van der Waals surface area contributed by atoms with Gasteiger partial charge in [-0.3, -0.25) is 14.5 Å². The van der Waals surface area contributed by atoms with Gasteiger partial charge in [-0.25, -0.2) is 4.79 Å². The molecule has 2 amide bonds. The number of benzene rings is 3. The van der Waals surface area contributed by atoms with Crippen LogP contribution in [0.25, 0.3) is 0 Å². The lowest BCUT2D eigenvalue weighted by molar-refractivity contribution is -0.154. The van der Waals surface area contributed by atoms with E-state index < -0.39 is 29.4 Å². The molecule has 1 fully saturated rings. The Morgan fingerprint density at radius 1 is 0.947 bits per heavy atom. The smallest absolute Gasteiger partial charge is 0.356 e. The third-order valence-electron chi connectivity index (χ3n) is 6.26. The highest BCUT2D eigenvalue weighted by molar-refractivity contribution is 9.09. The Kier molecular flexibility index (Phi) is 8.14. The Hall–Kier alpha value is -3.56. The molecule has 0 bridgehead atoms. The highest BCUT2D eigenvalue weighted by Crippen LogP contribution is 2.42. The van der Waals surface area contributed by atoms with Crippen molar-refractivity contribution in [2.24, 2.45) is 0 Å². The third kappa shape index (κ3) is 5.49. The van der Waals surface area contributed by atoms with Gasteiger partial charge in [-0.15, -0.1) is 11.8 Å². The number of nitrogens with zero attached hydrogens (tertiary/aromatic N) is 1. The molecule has 2 aliphatic rings. The number of fused-ring (bicyclic) bond motifs is 1. The molecule has 0 spiro atoms. The van der Waals surface area contributed by atoms with Gasteiger partial charge in [-0.2, -0.15) is 0 Å². The molecule has 3 aromatic rings. The summed E-state index contributed by atoms with van der Waals surface area (Å²) in [6.45, 7) is -0.210. The average Bonchev–Trinajstić information content (AvgIpc) is 2.98. The molecule has 0 aromatic heterocycles. The largest absolute Gasteiger partial charge is 0.484 e. The minimum absolute atomic E-state index is 0.210. The molecular weight excluding hydrogens is 568 g/mol. The predicted octanol–water partition coefficient (Wildman–Crippen LogP) is 4.45. The lowest BCUT2D eigenvalue weighted by Gasteiger charge is -2.49. The SMILES string of the molecule is O=C(COc1ccccc1)N[C@@H]1C(=O)N2C(C(=O)OC(c3ccccc3)c3ccccc3)=C(CBr)CS[C@@H]12. The summed E-state index contributed by atoms with van der Waals surface area (Å²) in [5.74, 6) is -0.236. The van der Waals surface area contributed by atoms with Gasteiger partial charge in [0.15, 0.2) is 12.7 Å². The molecule has 0 radical (unpaired) electrons. The monoisotopic (exact) mass is 592 g/mol. The highest BCUT2D eigenvalue weighted by Gasteiger charge is 2.54. The lowest BCUT2D eigenvalue weighted by Crippen LogP contribution is -2.71. The number of β-lactam (4-membered cyclic amide) rings is 1. The van der Waals surface area contributed by atoms with E-state index in [0.717, 1.165) is 16.7 Å². The minimum Gasteiger partial charge on any atom is -0.484 e. The lowest BCUT2D eigenvalue weighted by atomic mass is 10.0. The zero-order valence-corrected chi connectivity index (χ0v) is 22.7. The number of carbonyl (C=O) groups is 3. The summed E-state index contributed by atoms with van der Waals surface area (Å²) in [6, 6.07) is 27.2. The zero-order valence-electron chi connectivity index (χ0n) is 20.3. The summed E-state index contributed by atoms with van der Waals surface area (Å²) >= 11 is 4.96. The van der Waals surface area contributed by atoms with Gasteiger partial charge in [0, 0.05) is 11.1 Å². The Bertz CT molecular complexity index is 1300. The number of carbonyl (C=O) groups excluding carboxylic acids is 3. The molecule has 194 valence electrons. The Balaban J connectivity index is 1.31. The van der Waals surface area contributed by atoms with Crippen LogP contribution in [0.4, 0.5) is 0 Å². The van der Waals surface area contributed by atoms with Crippen LogP contribution in [-0.2, 0) is 19.1 Å². The number of alkyl halides is 1. The van der Waals surface area contributed by atoms with Crippen molar-refractivity contribution < 1.29 is 23.9 Å². The summed E-state index contributed by atoms with van der Waals surface area (Å²) in [4.78, 5) is 40.8. The molecular formula is C29H25BrN2O5S. The summed E-state index contributed by atoms with van der Waals surface area (Å²) in [5, 5.41) is 2.78. The van der Waals surface area contributed by atoms with Gasteiger partial charge in [0.2, 0.25) is 0 Å². The van der Waals surface area contributed by atoms with Crippen LogP contribution in [0.2, 0.25) is 0 Å². The molecule has 7 nitrogen and oxygen atoms in total. The molecule has 3 aromatic carbocycles. The number of hydrogen-bond donors (Lipinski definition) is 1. The van der Waals surface area contributed by atoms with E-state index in [9.17, 15) is 14.4 Å². The first-order chi connectivity index (χ1) is 18.6. The Morgan fingerprint density at radius 2 is 1.53 bits per heavy atom. The van der Waals surface area contributed by atoms with E-state index in [1.54, 1.807) is 12.1 Å². The summed E-state index contributed by atoms with van der Waals surface area (Å²) in [5.41, 5.74) is 2.65. The number of thioether (sulfide) groups is 1. The maximum atomic E-state index is 13.6. The second-order valence-corrected chi connectivity index (χ2v) is 10.4.